The zero-order chi connectivity index (χ0) is 14.3. The Labute approximate surface area is 113 Å². The molecule has 0 spiro atoms. The molecule has 0 amide bonds. The number of nitrogens with zero attached hydrogens (tertiary/aromatic N) is 3. The number of aromatic nitrogens is 2. The minimum atomic E-state index is -0.483. The summed E-state index contributed by atoms with van der Waals surface area (Å²) in [5, 5.41) is 13.2. The third-order valence-electron chi connectivity index (χ3n) is 4.61. The van der Waals surface area contributed by atoms with Gasteiger partial charge in [-0.25, -0.2) is 0 Å². The Kier molecular flexibility index (Phi) is 3.40. The highest BCUT2D eigenvalue weighted by Gasteiger charge is 2.62. The van der Waals surface area contributed by atoms with Crippen LogP contribution in [-0.2, 0) is 10.3 Å². The van der Waals surface area contributed by atoms with Gasteiger partial charge in [-0.05, 0) is 18.3 Å². The maximum absolute atomic E-state index is 9.11. The van der Waals surface area contributed by atoms with Gasteiger partial charge in [-0.15, -0.1) is 0 Å². The van der Waals surface area contributed by atoms with Crippen molar-refractivity contribution in [3.8, 4) is 6.07 Å². The number of methoxy groups -OCH3 is 1. The third-order valence-corrected chi connectivity index (χ3v) is 4.61. The third kappa shape index (κ3) is 1.95. The Hall–Kier alpha value is -1.41. The molecule has 1 heterocycles. The van der Waals surface area contributed by atoms with Crippen molar-refractivity contribution in [2.45, 2.75) is 52.1 Å². The van der Waals surface area contributed by atoms with Crippen molar-refractivity contribution in [3.63, 3.8) is 0 Å². The molecular formula is C14H21N3O2. The average Bonchev–Trinajstić information content (AvgIpc) is 2.77. The van der Waals surface area contributed by atoms with Crippen LogP contribution in [0.5, 0.6) is 0 Å². The first-order valence-electron chi connectivity index (χ1n) is 6.75. The lowest BCUT2D eigenvalue weighted by molar-refractivity contribution is -0.0306. The first-order valence-corrected chi connectivity index (χ1v) is 6.75. The van der Waals surface area contributed by atoms with Gasteiger partial charge in [-0.1, -0.05) is 32.9 Å². The monoisotopic (exact) mass is 263 g/mol. The summed E-state index contributed by atoms with van der Waals surface area (Å²) >= 11 is 0. The molecule has 2 rings (SSSR count). The molecule has 1 saturated carbocycles. The molecule has 1 fully saturated rings. The molecule has 1 aliphatic rings. The zero-order valence-electron chi connectivity index (χ0n) is 12.2. The van der Waals surface area contributed by atoms with Gasteiger partial charge in [-0.2, -0.15) is 10.2 Å². The summed E-state index contributed by atoms with van der Waals surface area (Å²) in [7, 11) is 1.67. The van der Waals surface area contributed by atoms with Crippen LogP contribution in [-0.4, -0.2) is 17.3 Å². The van der Waals surface area contributed by atoms with Gasteiger partial charge in [-0.3, -0.25) is 0 Å². The van der Waals surface area contributed by atoms with Crippen molar-refractivity contribution in [1.29, 1.82) is 5.26 Å². The summed E-state index contributed by atoms with van der Waals surface area (Å²) in [4.78, 5) is 4.50. The van der Waals surface area contributed by atoms with Gasteiger partial charge in [0.25, 0.3) is 0 Å². The maximum Gasteiger partial charge on any atom is 0.231 e. The van der Waals surface area contributed by atoms with E-state index in [-0.39, 0.29) is 17.3 Å². The molecule has 104 valence electrons. The van der Waals surface area contributed by atoms with E-state index in [1.807, 2.05) is 13.8 Å². The maximum atomic E-state index is 9.11. The highest BCUT2D eigenvalue weighted by molar-refractivity contribution is 5.26. The summed E-state index contributed by atoms with van der Waals surface area (Å²) < 4.78 is 11.0. The highest BCUT2D eigenvalue weighted by atomic mass is 16.5. The summed E-state index contributed by atoms with van der Waals surface area (Å²) in [5.41, 5.74) is -0.560. The lowest BCUT2D eigenvalue weighted by atomic mass is 9.96. The molecule has 19 heavy (non-hydrogen) atoms. The van der Waals surface area contributed by atoms with E-state index in [4.69, 9.17) is 14.5 Å². The molecule has 5 nitrogen and oxygen atoms in total. The molecule has 0 aromatic carbocycles. The Morgan fingerprint density at radius 2 is 2.05 bits per heavy atom. The first kappa shape index (κ1) is 14.0. The minimum Gasteiger partial charge on any atom is -0.370 e. The van der Waals surface area contributed by atoms with E-state index >= 15 is 0 Å². The number of ether oxygens (including phenoxy) is 1. The molecule has 1 aliphatic carbocycles. The quantitative estimate of drug-likeness (QED) is 0.816. The van der Waals surface area contributed by atoms with E-state index < -0.39 is 5.60 Å². The SMILES string of the molecule is CCC(CC)(OC)c1noc(C2C(C#N)C2(C)C)n1. The Bertz CT molecular complexity index is 489. The second-order valence-electron chi connectivity index (χ2n) is 5.77. The van der Waals surface area contributed by atoms with Crippen molar-refractivity contribution in [1.82, 2.24) is 10.1 Å². The summed E-state index contributed by atoms with van der Waals surface area (Å²) in [5.74, 6) is 1.16. The van der Waals surface area contributed by atoms with Crippen LogP contribution in [0.3, 0.4) is 0 Å². The van der Waals surface area contributed by atoms with E-state index in [1.165, 1.54) is 0 Å². The van der Waals surface area contributed by atoms with Gasteiger partial charge in [0.05, 0.1) is 17.9 Å². The number of nitriles is 1. The molecule has 2 atom stereocenters. The van der Waals surface area contributed by atoms with Crippen LogP contribution in [0.2, 0.25) is 0 Å². The van der Waals surface area contributed by atoms with Crippen molar-refractivity contribution in [2.75, 3.05) is 7.11 Å². The Balaban J connectivity index is 2.28. The smallest absolute Gasteiger partial charge is 0.231 e. The largest absolute Gasteiger partial charge is 0.370 e. The van der Waals surface area contributed by atoms with Gasteiger partial charge in [0.1, 0.15) is 5.60 Å². The van der Waals surface area contributed by atoms with Crippen LogP contribution in [0.25, 0.3) is 0 Å². The zero-order valence-corrected chi connectivity index (χ0v) is 12.2. The molecular weight excluding hydrogens is 242 g/mol. The normalized spacial score (nSPS) is 25.1. The van der Waals surface area contributed by atoms with Gasteiger partial charge in [0.2, 0.25) is 11.7 Å². The van der Waals surface area contributed by atoms with E-state index in [1.54, 1.807) is 7.11 Å². The van der Waals surface area contributed by atoms with Crippen LogP contribution >= 0.6 is 0 Å². The molecule has 0 N–H and O–H groups in total. The molecule has 1 aromatic heterocycles. The fourth-order valence-corrected chi connectivity index (χ4v) is 2.83. The predicted molar refractivity (Wildman–Crippen MR) is 69.2 cm³/mol. The number of hydrogen-bond donors (Lipinski definition) is 0. The Morgan fingerprint density at radius 1 is 1.42 bits per heavy atom. The van der Waals surface area contributed by atoms with Gasteiger partial charge in [0, 0.05) is 7.11 Å². The van der Waals surface area contributed by atoms with Crippen molar-refractivity contribution in [3.05, 3.63) is 11.7 Å². The molecule has 1 aromatic rings. The van der Waals surface area contributed by atoms with E-state index in [2.05, 4.69) is 30.1 Å². The summed E-state index contributed by atoms with van der Waals surface area (Å²) in [6.45, 7) is 8.20. The second kappa shape index (κ2) is 4.61. The average molecular weight is 263 g/mol. The van der Waals surface area contributed by atoms with Gasteiger partial charge < -0.3 is 9.26 Å². The van der Waals surface area contributed by atoms with E-state index in [0.29, 0.717) is 11.7 Å². The molecule has 0 aliphatic heterocycles. The van der Waals surface area contributed by atoms with Crippen LogP contribution in [0.15, 0.2) is 4.52 Å². The minimum absolute atomic E-state index is 0.0407. The van der Waals surface area contributed by atoms with Crippen LogP contribution in [0.1, 0.15) is 58.2 Å². The number of rotatable bonds is 5. The standard InChI is InChI=1S/C14H21N3O2/c1-6-14(7-2,18-5)12-16-11(19-17-12)10-9(8-15)13(10,3)4/h9-10H,6-7H2,1-5H3. The second-order valence-corrected chi connectivity index (χ2v) is 5.77. The fourth-order valence-electron chi connectivity index (χ4n) is 2.83. The van der Waals surface area contributed by atoms with Gasteiger partial charge >= 0.3 is 0 Å². The molecule has 0 bridgehead atoms. The van der Waals surface area contributed by atoms with Crippen LogP contribution in [0, 0.1) is 22.7 Å². The Morgan fingerprint density at radius 3 is 2.47 bits per heavy atom. The predicted octanol–water partition coefficient (Wildman–Crippen LogP) is 2.99. The number of hydrogen-bond acceptors (Lipinski definition) is 5. The van der Waals surface area contributed by atoms with Crippen LogP contribution in [0.4, 0.5) is 0 Å². The topological polar surface area (TPSA) is 71.9 Å². The van der Waals surface area contributed by atoms with Crippen molar-refractivity contribution < 1.29 is 9.26 Å². The highest BCUT2D eigenvalue weighted by Crippen LogP contribution is 2.63. The van der Waals surface area contributed by atoms with Crippen molar-refractivity contribution >= 4 is 0 Å². The molecule has 2 unspecified atom stereocenters. The van der Waals surface area contributed by atoms with E-state index in [9.17, 15) is 0 Å². The first-order chi connectivity index (χ1) is 8.96. The lowest BCUT2D eigenvalue weighted by Gasteiger charge is -2.25. The summed E-state index contributed by atoms with van der Waals surface area (Å²) in [6, 6.07) is 2.31. The van der Waals surface area contributed by atoms with Crippen LogP contribution < -0.4 is 0 Å². The lowest BCUT2D eigenvalue weighted by Crippen LogP contribution is -2.28. The molecule has 0 saturated heterocycles. The molecule has 5 heteroatoms. The van der Waals surface area contributed by atoms with E-state index in [0.717, 1.165) is 12.8 Å². The molecule has 0 radical (unpaired) electrons. The summed E-state index contributed by atoms with van der Waals surface area (Å²) in [6.07, 6.45) is 1.57. The fraction of sp³-hybridized carbons (Fsp3) is 0.786. The van der Waals surface area contributed by atoms with Crippen molar-refractivity contribution in [2.24, 2.45) is 11.3 Å². The van der Waals surface area contributed by atoms with Gasteiger partial charge in [0.15, 0.2) is 0 Å².